The van der Waals surface area contributed by atoms with Crippen LogP contribution in [0.4, 0.5) is 11.5 Å². The number of pyridine rings is 1. The predicted molar refractivity (Wildman–Crippen MR) is 73.6 cm³/mol. The fraction of sp³-hybridized carbons (Fsp3) is 0.545. The first-order valence-corrected chi connectivity index (χ1v) is 5.86. The number of nitro groups is 1. The van der Waals surface area contributed by atoms with Crippen molar-refractivity contribution in [2.75, 3.05) is 31.1 Å². The zero-order valence-corrected chi connectivity index (χ0v) is 11.4. The summed E-state index contributed by atoms with van der Waals surface area (Å²) in [4.78, 5) is 18.4. The van der Waals surface area contributed by atoms with Crippen LogP contribution in [0.3, 0.4) is 0 Å². The number of aromatic nitrogens is 1. The summed E-state index contributed by atoms with van der Waals surface area (Å²) >= 11 is 0. The Hall–Kier alpha value is -1.44. The van der Waals surface area contributed by atoms with Gasteiger partial charge in [0.2, 0.25) is 5.82 Å². The number of piperazine rings is 1. The highest BCUT2D eigenvalue weighted by Gasteiger charge is 2.25. The van der Waals surface area contributed by atoms with E-state index in [1.807, 2.05) is 9.80 Å². The van der Waals surface area contributed by atoms with E-state index >= 15 is 0 Å². The molecule has 0 aliphatic carbocycles. The smallest absolute Gasteiger partial charge is 0.311 e. The number of hydrogen-bond acceptors (Lipinski definition) is 6. The molecule has 1 aromatic heterocycles. The van der Waals surface area contributed by atoms with Crippen LogP contribution in [0.25, 0.3) is 0 Å². The van der Waals surface area contributed by atoms with E-state index in [2.05, 4.69) is 4.98 Å². The molecule has 1 aliphatic rings. The Balaban J connectivity index is 0.00000180. The van der Waals surface area contributed by atoms with Gasteiger partial charge in [0.1, 0.15) is 6.23 Å². The number of halogens is 1. The first-order valence-electron chi connectivity index (χ1n) is 5.86. The average molecular weight is 289 g/mol. The molecule has 8 heteroatoms. The van der Waals surface area contributed by atoms with Crippen LogP contribution in [0.2, 0.25) is 0 Å². The Morgan fingerprint density at radius 3 is 2.58 bits per heavy atom. The summed E-state index contributed by atoms with van der Waals surface area (Å²) in [6.07, 6.45) is 1.08. The molecule has 0 spiro atoms. The third-order valence-corrected chi connectivity index (χ3v) is 3.11. The molecule has 1 saturated heterocycles. The lowest BCUT2D eigenvalue weighted by molar-refractivity contribution is -0.384. The second-order valence-electron chi connectivity index (χ2n) is 4.26. The molecule has 19 heavy (non-hydrogen) atoms. The Labute approximate surface area is 117 Å². The van der Waals surface area contributed by atoms with Gasteiger partial charge in [0.05, 0.1) is 4.92 Å². The number of aliphatic hydroxyl groups is 1. The molecule has 1 aliphatic heterocycles. The van der Waals surface area contributed by atoms with Crippen molar-refractivity contribution in [2.24, 2.45) is 0 Å². The molecule has 1 N–H and O–H groups in total. The lowest BCUT2D eigenvalue weighted by Crippen LogP contribution is -2.49. The molecular weight excluding hydrogens is 272 g/mol. The van der Waals surface area contributed by atoms with Gasteiger partial charge in [-0.05, 0) is 13.0 Å². The van der Waals surface area contributed by atoms with Crippen LogP contribution in [0.1, 0.15) is 6.92 Å². The number of hydrogen-bond donors (Lipinski definition) is 1. The summed E-state index contributed by atoms with van der Waals surface area (Å²) in [5.41, 5.74) is 0.0306. The van der Waals surface area contributed by atoms with Crippen molar-refractivity contribution in [1.82, 2.24) is 9.88 Å². The molecule has 7 nitrogen and oxygen atoms in total. The van der Waals surface area contributed by atoms with Crippen molar-refractivity contribution in [1.29, 1.82) is 0 Å². The van der Waals surface area contributed by atoms with Crippen LogP contribution in [0.15, 0.2) is 18.3 Å². The average Bonchev–Trinajstić information content (AvgIpc) is 2.39. The SMILES string of the molecule is CC(O)N1CCN(c2ncccc2[N+](=O)[O-])CC1.Cl. The standard InChI is InChI=1S/C11H16N4O3.ClH/c1-9(16)13-5-7-14(8-6-13)11-10(15(17)18)3-2-4-12-11;/h2-4,9,16H,5-8H2,1H3;1H. The number of aliphatic hydroxyl groups excluding tert-OH is 1. The van der Waals surface area contributed by atoms with Crippen molar-refractivity contribution < 1.29 is 10.0 Å². The fourth-order valence-electron chi connectivity index (χ4n) is 2.08. The van der Waals surface area contributed by atoms with Crippen LogP contribution in [-0.2, 0) is 0 Å². The molecule has 1 atom stereocenters. The van der Waals surface area contributed by atoms with Gasteiger partial charge in [0.15, 0.2) is 0 Å². The topological polar surface area (TPSA) is 82.7 Å². The lowest BCUT2D eigenvalue weighted by atomic mass is 10.3. The highest BCUT2D eigenvalue weighted by molar-refractivity contribution is 5.85. The molecule has 0 saturated carbocycles. The van der Waals surface area contributed by atoms with E-state index in [0.29, 0.717) is 32.0 Å². The maximum atomic E-state index is 10.9. The first-order chi connectivity index (χ1) is 8.59. The zero-order chi connectivity index (χ0) is 13.1. The van der Waals surface area contributed by atoms with Crippen LogP contribution in [0.5, 0.6) is 0 Å². The predicted octanol–water partition coefficient (Wildman–Crippen LogP) is 0.872. The minimum absolute atomic E-state index is 0. The van der Waals surface area contributed by atoms with Crippen molar-refractivity contribution in [3.8, 4) is 0 Å². The van der Waals surface area contributed by atoms with Gasteiger partial charge >= 0.3 is 5.69 Å². The van der Waals surface area contributed by atoms with Gasteiger partial charge < -0.3 is 10.0 Å². The van der Waals surface area contributed by atoms with E-state index < -0.39 is 11.2 Å². The molecular formula is C11H17ClN4O3. The summed E-state index contributed by atoms with van der Waals surface area (Å²) < 4.78 is 0. The van der Waals surface area contributed by atoms with E-state index in [9.17, 15) is 15.2 Å². The van der Waals surface area contributed by atoms with E-state index in [0.717, 1.165) is 0 Å². The van der Waals surface area contributed by atoms with Crippen LogP contribution in [0, 0.1) is 10.1 Å². The molecule has 2 rings (SSSR count). The van der Waals surface area contributed by atoms with E-state index in [1.165, 1.54) is 6.07 Å². The monoisotopic (exact) mass is 288 g/mol. The Kier molecular flexibility index (Phi) is 5.46. The summed E-state index contributed by atoms with van der Waals surface area (Å²) in [6, 6.07) is 3.02. The fourth-order valence-corrected chi connectivity index (χ4v) is 2.08. The normalized spacial score (nSPS) is 17.7. The van der Waals surface area contributed by atoms with Crippen molar-refractivity contribution in [3.63, 3.8) is 0 Å². The van der Waals surface area contributed by atoms with Gasteiger partial charge in [-0.25, -0.2) is 4.98 Å². The summed E-state index contributed by atoms with van der Waals surface area (Å²) in [7, 11) is 0. The van der Waals surface area contributed by atoms with Crippen LogP contribution in [-0.4, -0.2) is 52.3 Å². The molecule has 1 aromatic rings. The number of anilines is 1. The van der Waals surface area contributed by atoms with Gasteiger partial charge in [-0.1, -0.05) is 0 Å². The van der Waals surface area contributed by atoms with Crippen molar-refractivity contribution in [3.05, 3.63) is 28.4 Å². The van der Waals surface area contributed by atoms with Gasteiger partial charge in [0.25, 0.3) is 0 Å². The molecule has 0 aromatic carbocycles. The van der Waals surface area contributed by atoms with E-state index in [-0.39, 0.29) is 18.1 Å². The number of rotatable bonds is 3. The summed E-state index contributed by atoms with van der Waals surface area (Å²) in [5, 5.41) is 20.4. The van der Waals surface area contributed by atoms with Crippen LogP contribution >= 0.6 is 12.4 Å². The van der Waals surface area contributed by atoms with Crippen molar-refractivity contribution >= 4 is 23.9 Å². The Morgan fingerprint density at radius 2 is 2.05 bits per heavy atom. The minimum atomic E-state index is -0.481. The molecule has 2 heterocycles. The Morgan fingerprint density at radius 1 is 1.42 bits per heavy atom. The molecule has 106 valence electrons. The highest BCUT2D eigenvalue weighted by Crippen LogP contribution is 2.25. The van der Waals surface area contributed by atoms with E-state index in [4.69, 9.17) is 0 Å². The van der Waals surface area contributed by atoms with Crippen LogP contribution < -0.4 is 4.90 Å². The minimum Gasteiger partial charge on any atom is -0.379 e. The molecule has 0 amide bonds. The molecule has 1 fully saturated rings. The highest BCUT2D eigenvalue weighted by atomic mass is 35.5. The van der Waals surface area contributed by atoms with Gasteiger partial charge in [-0.3, -0.25) is 15.0 Å². The zero-order valence-electron chi connectivity index (χ0n) is 10.6. The third kappa shape index (κ3) is 3.52. The first kappa shape index (κ1) is 15.6. The summed E-state index contributed by atoms with van der Waals surface area (Å²) in [6.45, 7) is 4.32. The largest absolute Gasteiger partial charge is 0.379 e. The summed E-state index contributed by atoms with van der Waals surface area (Å²) in [5.74, 6) is 0.410. The molecule has 0 radical (unpaired) electrons. The van der Waals surface area contributed by atoms with E-state index in [1.54, 1.807) is 19.2 Å². The van der Waals surface area contributed by atoms with Crippen molar-refractivity contribution in [2.45, 2.75) is 13.2 Å². The number of nitrogens with zero attached hydrogens (tertiary/aromatic N) is 4. The molecule has 1 unspecified atom stereocenters. The maximum absolute atomic E-state index is 10.9. The van der Waals surface area contributed by atoms with Gasteiger partial charge in [-0.15, -0.1) is 12.4 Å². The quantitative estimate of drug-likeness (QED) is 0.656. The lowest BCUT2D eigenvalue weighted by Gasteiger charge is -2.36. The maximum Gasteiger partial charge on any atom is 0.311 e. The van der Waals surface area contributed by atoms with Gasteiger partial charge in [0, 0.05) is 38.4 Å². The second kappa shape index (κ2) is 6.65. The third-order valence-electron chi connectivity index (χ3n) is 3.11. The molecule has 0 bridgehead atoms. The second-order valence-corrected chi connectivity index (χ2v) is 4.26. The Bertz CT molecular complexity index is 436. The van der Waals surface area contributed by atoms with Gasteiger partial charge in [-0.2, -0.15) is 0 Å².